The van der Waals surface area contributed by atoms with E-state index in [-0.39, 0.29) is 23.0 Å². The van der Waals surface area contributed by atoms with Crippen molar-refractivity contribution in [3.63, 3.8) is 0 Å². The number of benzene rings is 1. The van der Waals surface area contributed by atoms with Gasteiger partial charge in [-0.1, -0.05) is 41.9 Å². The summed E-state index contributed by atoms with van der Waals surface area (Å²) in [4.78, 5) is 15.5. The molecule has 0 spiro atoms. The molecule has 1 aromatic carbocycles. The molecule has 0 bridgehead atoms. The van der Waals surface area contributed by atoms with Gasteiger partial charge in [0.15, 0.2) is 0 Å². The lowest BCUT2D eigenvalue weighted by atomic mass is 10.2. The number of pyridine rings is 1. The van der Waals surface area contributed by atoms with Gasteiger partial charge in [-0.05, 0) is 5.56 Å². The molecule has 0 aliphatic heterocycles. The first-order chi connectivity index (χ1) is 9.69. The summed E-state index contributed by atoms with van der Waals surface area (Å²) in [7, 11) is 0. The second-order valence-corrected chi connectivity index (χ2v) is 4.26. The molecule has 20 heavy (non-hydrogen) atoms. The molecule has 0 unspecified atom stereocenters. The number of nitriles is 1. The van der Waals surface area contributed by atoms with Gasteiger partial charge in [-0.3, -0.25) is 5.32 Å². The summed E-state index contributed by atoms with van der Waals surface area (Å²) in [6.45, 7) is 0.158. The van der Waals surface area contributed by atoms with E-state index in [1.807, 2.05) is 36.4 Å². The molecule has 1 N–H and O–H groups in total. The number of ether oxygens (including phenoxy) is 1. The minimum absolute atomic E-state index is 0.158. The molecule has 1 heterocycles. The van der Waals surface area contributed by atoms with Gasteiger partial charge >= 0.3 is 6.09 Å². The number of amides is 1. The lowest BCUT2D eigenvalue weighted by Crippen LogP contribution is -2.14. The van der Waals surface area contributed by atoms with Gasteiger partial charge in [0.25, 0.3) is 0 Å². The molecule has 5 nitrogen and oxygen atoms in total. The van der Waals surface area contributed by atoms with Crippen LogP contribution >= 0.6 is 11.6 Å². The Labute approximate surface area is 120 Å². The summed E-state index contributed by atoms with van der Waals surface area (Å²) < 4.78 is 5.03. The van der Waals surface area contributed by atoms with Crippen molar-refractivity contribution in [3.8, 4) is 6.07 Å². The zero-order valence-electron chi connectivity index (χ0n) is 10.3. The third kappa shape index (κ3) is 3.70. The average Bonchev–Trinajstić information content (AvgIpc) is 2.48. The molecule has 0 aliphatic rings. The van der Waals surface area contributed by atoms with Crippen molar-refractivity contribution in [1.29, 1.82) is 5.26 Å². The van der Waals surface area contributed by atoms with Crippen LogP contribution in [0.15, 0.2) is 42.6 Å². The largest absolute Gasteiger partial charge is 0.444 e. The molecular weight excluding hydrogens is 278 g/mol. The predicted molar refractivity (Wildman–Crippen MR) is 74.2 cm³/mol. The first-order valence-corrected chi connectivity index (χ1v) is 6.10. The number of nitrogens with zero attached hydrogens (tertiary/aromatic N) is 2. The van der Waals surface area contributed by atoms with E-state index < -0.39 is 6.09 Å². The van der Waals surface area contributed by atoms with Gasteiger partial charge in [0.05, 0.1) is 10.6 Å². The van der Waals surface area contributed by atoms with Crippen LogP contribution in [0.25, 0.3) is 0 Å². The number of hydrogen-bond acceptors (Lipinski definition) is 4. The number of halogens is 1. The number of anilines is 1. The second kappa shape index (κ2) is 6.55. The van der Waals surface area contributed by atoms with Gasteiger partial charge in [0.2, 0.25) is 0 Å². The highest BCUT2D eigenvalue weighted by atomic mass is 35.5. The number of carbonyl (C=O) groups is 1. The van der Waals surface area contributed by atoms with Crippen LogP contribution in [-0.2, 0) is 11.3 Å². The minimum Gasteiger partial charge on any atom is -0.444 e. The number of hydrogen-bond donors (Lipinski definition) is 1. The first-order valence-electron chi connectivity index (χ1n) is 5.72. The molecule has 0 radical (unpaired) electrons. The lowest BCUT2D eigenvalue weighted by molar-refractivity contribution is 0.155. The maximum Gasteiger partial charge on any atom is 0.413 e. The Bertz CT molecular complexity index is 653. The first kappa shape index (κ1) is 13.8. The summed E-state index contributed by atoms with van der Waals surface area (Å²) in [5.74, 6) is 0.212. The Kier molecular flexibility index (Phi) is 4.53. The molecule has 6 heteroatoms. The molecule has 100 valence electrons. The highest BCUT2D eigenvalue weighted by molar-refractivity contribution is 6.31. The third-order valence-corrected chi connectivity index (χ3v) is 2.72. The minimum atomic E-state index is -0.646. The third-order valence-electron chi connectivity index (χ3n) is 2.42. The molecule has 2 rings (SSSR count). The van der Waals surface area contributed by atoms with E-state index in [0.29, 0.717) is 0 Å². The zero-order chi connectivity index (χ0) is 14.4. The van der Waals surface area contributed by atoms with E-state index in [1.54, 1.807) is 0 Å². The molecular formula is C14H10ClN3O2. The molecule has 0 atom stereocenters. The molecule has 2 aromatic rings. The van der Waals surface area contributed by atoms with Gasteiger partial charge in [-0.15, -0.1) is 0 Å². The van der Waals surface area contributed by atoms with Crippen LogP contribution in [0.3, 0.4) is 0 Å². The fourth-order valence-corrected chi connectivity index (χ4v) is 1.60. The van der Waals surface area contributed by atoms with Crippen molar-refractivity contribution in [3.05, 3.63) is 58.7 Å². The van der Waals surface area contributed by atoms with Crippen molar-refractivity contribution in [1.82, 2.24) is 4.98 Å². The number of aromatic nitrogens is 1. The standard InChI is InChI=1S/C14H10ClN3O2/c15-12-8-17-13(6-11(12)7-16)18-14(19)20-9-10-4-2-1-3-5-10/h1-6,8H,9H2,(H,17,18,19). The van der Waals surface area contributed by atoms with Crippen LogP contribution in [0.1, 0.15) is 11.1 Å². The van der Waals surface area contributed by atoms with E-state index >= 15 is 0 Å². The van der Waals surface area contributed by atoms with E-state index in [0.717, 1.165) is 5.56 Å². The molecule has 1 amide bonds. The van der Waals surface area contributed by atoms with Gasteiger partial charge in [-0.25, -0.2) is 9.78 Å². The van der Waals surface area contributed by atoms with E-state index in [1.165, 1.54) is 12.3 Å². The van der Waals surface area contributed by atoms with Crippen LogP contribution in [0.5, 0.6) is 0 Å². The highest BCUT2D eigenvalue weighted by Gasteiger charge is 2.07. The van der Waals surface area contributed by atoms with Gasteiger partial charge in [0, 0.05) is 12.3 Å². The Balaban J connectivity index is 1.93. The predicted octanol–water partition coefficient (Wildman–Crippen LogP) is 3.36. The van der Waals surface area contributed by atoms with Gasteiger partial charge < -0.3 is 4.74 Å². The second-order valence-electron chi connectivity index (χ2n) is 3.85. The maximum absolute atomic E-state index is 11.6. The Morgan fingerprint density at radius 1 is 1.40 bits per heavy atom. The molecule has 1 aromatic heterocycles. The van der Waals surface area contributed by atoms with E-state index in [2.05, 4.69) is 10.3 Å². The average molecular weight is 288 g/mol. The summed E-state index contributed by atoms with van der Waals surface area (Å²) in [6.07, 6.45) is 0.653. The van der Waals surface area contributed by atoms with Crippen LogP contribution in [0, 0.1) is 11.3 Å². The maximum atomic E-state index is 11.6. The number of nitrogens with one attached hydrogen (secondary N) is 1. The zero-order valence-corrected chi connectivity index (χ0v) is 11.1. The summed E-state index contributed by atoms with van der Waals surface area (Å²) in [5.41, 5.74) is 1.12. The fraction of sp³-hybridized carbons (Fsp3) is 0.0714. The molecule has 0 fully saturated rings. The van der Waals surface area contributed by atoms with Crippen molar-refractivity contribution in [2.75, 3.05) is 5.32 Å². The summed E-state index contributed by atoms with van der Waals surface area (Å²) in [5, 5.41) is 11.5. The van der Waals surface area contributed by atoms with Crippen LogP contribution in [0.4, 0.5) is 10.6 Å². The molecule has 0 aliphatic carbocycles. The normalized spacial score (nSPS) is 9.60. The Morgan fingerprint density at radius 3 is 2.85 bits per heavy atom. The van der Waals surface area contributed by atoms with E-state index in [4.69, 9.17) is 21.6 Å². The quantitative estimate of drug-likeness (QED) is 0.939. The Hall–Kier alpha value is -2.58. The van der Waals surface area contributed by atoms with Crippen molar-refractivity contribution < 1.29 is 9.53 Å². The van der Waals surface area contributed by atoms with Crippen molar-refractivity contribution in [2.45, 2.75) is 6.61 Å². The van der Waals surface area contributed by atoms with Crippen LogP contribution in [0.2, 0.25) is 5.02 Å². The number of carbonyl (C=O) groups excluding carboxylic acids is 1. The fourth-order valence-electron chi connectivity index (χ4n) is 1.46. The summed E-state index contributed by atoms with van der Waals surface area (Å²) in [6, 6.07) is 12.6. The highest BCUT2D eigenvalue weighted by Crippen LogP contribution is 2.16. The van der Waals surface area contributed by atoms with Gasteiger partial charge in [-0.2, -0.15) is 5.26 Å². The smallest absolute Gasteiger partial charge is 0.413 e. The SMILES string of the molecule is N#Cc1cc(NC(=O)OCc2ccccc2)ncc1Cl. The summed E-state index contributed by atoms with van der Waals surface area (Å²) >= 11 is 5.75. The Morgan fingerprint density at radius 2 is 2.15 bits per heavy atom. The molecule has 0 saturated heterocycles. The van der Waals surface area contributed by atoms with Gasteiger partial charge in [0.1, 0.15) is 18.5 Å². The van der Waals surface area contributed by atoms with Crippen LogP contribution in [-0.4, -0.2) is 11.1 Å². The van der Waals surface area contributed by atoms with E-state index in [9.17, 15) is 4.79 Å². The lowest BCUT2D eigenvalue weighted by Gasteiger charge is -2.07. The monoisotopic (exact) mass is 287 g/mol. The molecule has 0 saturated carbocycles. The topological polar surface area (TPSA) is 75.0 Å². The van der Waals surface area contributed by atoms with Crippen molar-refractivity contribution >= 4 is 23.5 Å². The number of rotatable bonds is 3. The van der Waals surface area contributed by atoms with Crippen molar-refractivity contribution in [2.24, 2.45) is 0 Å². The van der Waals surface area contributed by atoms with Crippen LogP contribution < -0.4 is 5.32 Å².